The summed E-state index contributed by atoms with van der Waals surface area (Å²) in [7, 11) is 0. The molecule has 3 rings (SSSR count). The third-order valence-corrected chi connectivity index (χ3v) is 2.95. The van der Waals surface area contributed by atoms with E-state index in [2.05, 4.69) is 20.3 Å². The topological polar surface area (TPSA) is 81.1 Å². The number of pyridine rings is 1. The van der Waals surface area contributed by atoms with Gasteiger partial charge in [-0.15, -0.1) is 0 Å². The summed E-state index contributed by atoms with van der Waals surface area (Å²) < 4.78 is 39.8. The van der Waals surface area contributed by atoms with Crippen molar-refractivity contribution in [3.05, 3.63) is 48.3 Å². The molecular formula is C13H11F3N6. The summed E-state index contributed by atoms with van der Waals surface area (Å²) in [6.07, 6.45) is 1.56. The van der Waals surface area contributed by atoms with Crippen molar-refractivity contribution in [2.75, 3.05) is 5.32 Å². The van der Waals surface area contributed by atoms with Gasteiger partial charge in [0.25, 0.3) is 0 Å². The van der Waals surface area contributed by atoms with Crippen LogP contribution in [0.15, 0.2) is 36.9 Å². The summed E-state index contributed by atoms with van der Waals surface area (Å²) >= 11 is 0. The number of aromatic nitrogens is 4. The van der Waals surface area contributed by atoms with Gasteiger partial charge in [0.2, 0.25) is 0 Å². The number of halogens is 3. The molecule has 0 amide bonds. The first-order chi connectivity index (χ1) is 10.5. The molecule has 3 aromatic heterocycles. The Morgan fingerprint density at radius 2 is 2.05 bits per heavy atom. The number of nitrogens with two attached hydrogens (primary N) is 1. The molecule has 3 N–H and O–H groups in total. The van der Waals surface area contributed by atoms with Crippen LogP contribution in [0.4, 0.5) is 24.7 Å². The van der Waals surface area contributed by atoms with E-state index in [0.29, 0.717) is 17.2 Å². The first-order valence-electron chi connectivity index (χ1n) is 6.30. The standard InChI is InChI=1S/C13H11F3N6/c14-13(15,16)10-5-8(1-2-18-10)20-11-12-19-3-4-22(12)7-9(6-17)21-11/h1-5,7H,6,17H2,(H,18,20,21). The van der Waals surface area contributed by atoms with Gasteiger partial charge in [-0.2, -0.15) is 13.2 Å². The lowest BCUT2D eigenvalue weighted by atomic mass is 10.3. The molecule has 0 spiro atoms. The number of fused-ring (bicyclic) bond motifs is 1. The van der Waals surface area contributed by atoms with Crippen molar-refractivity contribution in [3.63, 3.8) is 0 Å². The SMILES string of the molecule is NCc1cn2ccnc2c(Nc2ccnc(C(F)(F)F)c2)n1. The Balaban J connectivity index is 2.01. The maximum Gasteiger partial charge on any atom is 0.433 e. The van der Waals surface area contributed by atoms with Gasteiger partial charge in [0.05, 0.1) is 5.69 Å². The van der Waals surface area contributed by atoms with Crippen molar-refractivity contribution in [3.8, 4) is 0 Å². The zero-order valence-electron chi connectivity index (χ0n) is 11.2. The van der Waals surface area contributed by atoms with E-state index in [1.54, 1.807) is 23.0 Å². The molecule has 0 saturated carbocycles. The predicted octanol–water partition coefficient (Wildman–Crippen LogP) is 2.35. The minimum absolute atomic E-state index is 0.201. The van der Waals surface area contributed by atoms with Crippen LogP contribution in [0.2, 0.25) is 0 Å². The molecule has 0 aliphatic heterocycles. The third-order valence-electron chi connectivity index (χ3n) is 2.95. The van der Waals surface area contributed by atoms with Crippen molar-refractivity contribution in [2.45, 2.75) is 12.7 Å². The highest BCUT2D eigenvalue weighted by Crippen LogP contribution is 2.29. The molecule has 9 heteroatoms. The fourth-order valence-electron chi connectivity index (χ4n) is 1.97. The Labute approximate surface area is 122 Å². The Bertz CT molecular complexity index is 811. The molecule has 0 aliphatic carbocycles. The van der Waals surface area contributed by atoms with Crippen molar-refractivity contribution in [1.82, 2.24) is 19.4 Å². The molecule has 22 heavy (non-hydrogen) atoms. The van der Waals surface area contributed by atoms with E-state index < -0.39 is 11.9 Å². The predicted molar refractivity (Wildman–Crippen MR) is 73.4 cm³/mol. The van der Waals surface area contributed by atoms with Crippen LogP contribution in [-0.4, -0.2) is 19.4 Å². The maximum absolute atomic E-state index is 12.7. The van der Waals surface area contributed by atoms with E-state index in [1.165, 1.54) is 6.07 Å². The maximum atomic E-state index is 12.7. The number of anilines is 2. The van der Waals surface area contributed by atoms with Gasteiger partial charge in [-0.3, -0.25) is 4.98 Å². The summed E-state index contributed by atoms with van der Waals surface area (Å²) in [6.45, 7) is 0.201. The third kappa shape index (κ3) is 2.70. The van der Waals surface area contributed by atoms with Crippen LogP contribution in [0.25, 0.3) is 5.65 Å². The molecule has 0 unspecified atom stereocenters. The molecule has 0 aliphatic rings. The van der Waals surface area contributed by atoms with Crippen LogP contribution >= 0.6 is 0 Å². The second-order valence-corrected chi connectivity index (χ2v) is 4.50. The van der Waals surface area contributed by atoms with Gasteiger partial charge >= 0.3 is 6.18 Å². The Morgan fingerprint density at radius 3 is 2.77 bits per heavy atom. The van der Waals surface area contributed by atoms with Gasteiger partial charge in [-0.05, 0) is 12.1 Å². The molecule has 0 fully saturated rings. The highest BCUT2D eigenvalue weighted by molar-refractivity contribution is 5.70. The monoisotopic (exact) mass is 308 g/mol. The fraction of sp³-hybridized carbons (Fsp3) is 0.154. The lowest BCUT2D eigenvalue weighted by molar-refractivity contribution is -0.141. The highest BCUT2D eigenvalue weighted by Gasteiger charge is 2.32. The van der Waals surface area contributed by atoms with Crippen molar-refractivity contribution < 1.29 is 13.2 Å². The van der Waals surface area contributed by atoms with Gasteiger partial charge in [0.15, 0.2) is 11.5 Å². The van der Waals surface area contributed by atoms with E-state index in [9.17, 15) is 13.2 Å². The molecule has 6 nitrogen and oxygen atoms in total. The number of imidazole rings is 1. The minimum atomic E-state index is -4.51. The van der Waals surface area contributed by atoms with Crippen LogP contribution in [0, 0.1) is 0 Å². The van der Waals surface area contributed by atoms with Gasteiger partial charge in [-0.1, -0.05) is 0 Å². The number of alkyl halides is 3. The number of hydrogen-bond acceptors (Lipinski definition) is 5. The summed E-state index contributed by atoms with van der Waals surface area (Å²) in [4.78, 5) is 11.7. The molecule has 0 saturated heterocycles. The van der Waals surface area contributed by atoms with Crippen LogP contribution in [0.5, 0.6) is 0 Å². The largest absolute Gasteiger partial charge is 0.433 e. The van der Waals surface area contributed by atoms with Crippen molar-refractivity contribution >= 4 is 17.2 Å². The van der Waals surface area contributed by atoms with Crippen LogP contribution < -0.4 is 11.1 Å². The Morgan fingerprint density at radius 1 is 1.23 bits per heavy atom. The number of nitrogens with one attached hydrogen (secondary N) is 1. The van der Waals surface area contributed by atoms with Crippen molar-refractivity contribution in [2.24, 2.45) is 5.73 Å². The van der Waals surface area contributed by atoms with E-state index in [1.807, 2.05) is 0 Å². The van der Waals surface area contributed by atoms with E-state index in [0.717, 1.165) is 12.3 Å². The quantitative estimate of drug-likeness (QED) is 0.776. The minimum Gasteiger partial charge on any atom is -0.337 e. The van der Waals surface area contributed by atoms with Crippen LogP contribution in [0.3, 0.4) is 0 Å². The zero-order chi connectivity index (χ0) is 15.7. The zero-order valence-corrected chi connectivity index (χ0v) is 11.2. The Hall–Kier alpha value is -2.68. The first kappa shape index (κ1) is 14.3. The highest BCUT2D eigenvalue weighted by atomic mass is 19.4. The molecule has 3 heterocycles. The lowest BCUT2D eigenvalue weighted by Crippen LogP contribution is -2.09. The average Bonchev–Trinajstić information content (AvgIpc) is 2.95. The van der Waals surface area contributed by atoms with Gasteiger partial charge < -0.3 is 15.5 Å². The molecule has 0 radical (unpaired) electrons. The summed E-state index contributed by atoms with van der Waals surface area (Å²) in [5, 5.41) is 2.83. The molecule has 0 bridgehead atoms. The second-order valence-electron chi connectivity index (χ2n) is 4.50. The fourth-order valence-corrected chi connectivity index (χ4v) is 1.97. The Kier molecular flexibility index (Phi) is 3.41. The van der Waals surface area contributed by atoms with Gasteiger partial charge in [-0.25, -0.2) is 9.97 Å². The van der Waals surface area contributed by atoms with Crippen molar-refractivity contribution in [1.29, 1.82) is 0 Å². The molecular weight excluding hydrogens is 297 g/mol. The van der Waals surface area contributed by atoms with Gasteiger partial charge in [0.1, 0.15) is 5.69 Å². The van der Waals surface area contributed by atoms with Crippen LogP contribution in [-0.2, 0) is 12.7 Å². The second kappa shape index (κ2) is 5.26. The molecule has 114 valence electrons. The lowest BCUT2D eigenvalue weighted by Gasteiger charge is -2.11. The number of rotatable bonds is 3. The van der Waals surface area contributed by atoms with Gasteiger partial charge in [0, 0.05) is 37.0 Å². The normalized spacial score (nSPS) is 11.8. The van der Waals surface area contributed by atoms with E-state index in [-0.39, 0.29) is 12.2 Å². The average molecular weight is 308 g/mol. The summed E-state index contributed by atoms with van der Waals surface area (Å²) in [5.41, 5.74) is 5.88. The molecule has 0 atom stereocenters. The summed E-state index contributed by atoms with van der Waals surface area (Å²) in [5.74, 6) is 0.326. The van der Waals surface area contributed by atoms with E-state index in [4.69, 9.17) is 5.73 Å². The summed E-state index contributed by atoms with van der Waals surface area (Å²) in [6, 6.07) is 2.34. The number of hydrogen-bond donors (Lipinski definition) is 2. The van der Waals surface area contributed by atoms with Crippen LogP contribution in [0.1, 0.15) is 11.4 Å². The van der Waals surface area contributed by atoms with E-state index >= 15 is 0 Å². The first-order valence-corrected chi connectivity index (χ1v) is 6.30. The molecule has 0 aromatic carbocycles. The number of nitrogens with zero attached hydrogens (tertiary/aromatic N) is 4. The smallest absolute Gasteiger partial charge is 0.337 e. The molecule has 3 aromatic rings.